The Labute approximate surface area is 387 Å². The van der Waals surface area contributed by atoms with Crippen LogP contribution in [0.5, 0.6) is 17.2 Å². The molecule has 17 heteroatoms. The molecule has 4 aromatic rings. The first-order valence-corrected chi connectivity index (χ1v) is 23.4. The molecule has 0 aliphatic heterocycles. The fourth-order valence-electron chi connectivity index (χ4n) is 7.94. The lowest BCUT2D eigenvalue weighted by Gasteiger charge is -2.46. The molecule has 4 rings (SSSR count). The summed E-state index contributed by atoms with van der Waals surface area (Å²) >= 11 is 0. The predicted octanol–water partition coefficient (Wildman–Crippen LogP) is 16.3. The van der Waals surface area contributed by atoms with Crippen molar-refractivity contribution in [3.63, 3.8) is 0 Å². The second kappa shape index (κ2) is 29.4. The number of hydrogen-bond acceptors (Lipinski definition) is 3. The minimum Gasteiger partial charge on any atom is -0.489 e. The standard InChI is InChI=1S/C44H60BF9NO3.C6H2F3/c1-5-9-13-14-15-16-17-18-19-20-21-22-38(55(23-10-6-2,24-11-7-3)25-12-8-4)40-39(30-37(50)43(53)44(40)54)58-45(56-31-26-33(46)41(51)34(47)27-31)57-32-28-35(48)42(52)36(49)29-32;7-4-2-1-3-5(8)6(4)9/h26-30,38H,5-25H2,1-4H3;2-3H/q+1;-1. The summed E-state index contributed by atoms with van der Waals surface area (Å²) in [5.41, 5.74) is -0.320. The van der Waals surface area contributed by atoms with Gasteiger partial charge in [-0.05, 0) is 25.7 Å². The molecule has 1 atom stereocenters. The fourth-order valence-corrected chi connectivity index (χ4v) is 7.94. The van der Waals surface area contributed by atoms with Gasteiger partial charge in [-0.2, -0.15) is 6.07 Å². The Bertz CT molecular complexity index is 1960. The number of rotatable bonds is 29. The Morgan fingerprint density at radius 2 is 0.776 bits per heavy atom. The molecule has 0 N–H and O–H groups in total. The van der Waals surface area contributed by atoms with Crippen LogP contribution >= 0.6 is 0 Å². The third-order valence-electron chi connectivity index (χ3n) is 11.6. The van der Waals surface area contributed by atoms with E-state index in [1.807, 2.05) is 20.8 Å². The molecule has 0 saturated heterocycles. The average molecular weight is 964 g/mol. The third kappa shape index (κ3) is 17.5. The van der Waals surface area contributed by atoms with E-state index in [-0.39, 0.29) is 5.56 Å². The molecule has 1 unspecified atom stereocenters. The quantitative estimate of drug-likeness (QED) is 0.0136. The summed E-state index contributed by atoms with van der Waals surface area (Å²) < 4.78 is 185. The van der Waals surface area contributed by atoms with Gasteiger partial charge in [0.25, 0.3) is 0 Å². The highest BCUT2D eigenvalue weighted by atomic mass is 19.2. The molecule has 0 spiro atoms. The van der Waals surface area contributed by atoms with E-state index in [2.05, 4.69) is 13.0 Å². The summed E-state index contributed by atoms with van der Waals surface area (Å²) in [7, 11) is -2.33. The maximum Gasteiger partial charge on any atom is 0.864 e. The summed E-state index contributed by atoms with van der Waals surface area (Å²) in [5, 5.41) is 0. The average Bonchev–Trinajstić information content (AvgIpc) is 3.29. The van der Waals surface area contributed by atoms with Crippen LogP contribution in [0.2, 0.25) is 0 Å². The van der Waals surface area contributed by atoms with Crippen LogP contribution < -0.4 is 14.0 Å². The highest BCUT2D eigenvalue weighted by Crippen LogP contribution is 2.43. The van der Waals surface area contributed by atoms with Crippen LogP contribution in [0, 0.1) is 75.9 Å². The highest BCUT2D eigenvalue weighted by molar-refractivity contribution is 6.39. The minimum atomic E-state index is -2.33. The highest BCUT2D eigenvalue weighted by Gasteiger charge is 2.43. The van der Waals surface area contributed by atoms with Gasteiger partial charge < -0.3 is 18.4 Å². The second-order valence-corrected chi connectivity index (χ2v) is 16.7. The summed E-state index contributed by atoms with van der Waals surface area (Å²) in [6, 6.07) is 5.07. The molecule has 372 valence electrons. The second-order valence-electron chi connectivity index (χ2n) is 16.7. The van der Waals surface area contributed by atoms with Crippen LogP contribution in [-0.2, 0) is 0 Å². The normalized spacial score (nSPS) is 11.9. The Morgan fingerprint density at radius 1 is 0.418 bits per heavy atom. The molecular weight excluding hydrogens is 901 g/mol. The SMILES string of the molecule is CCCCCCCCCCCCCC(c1c(OB(Oc2cc(F)c(F)c(F)c2)Oc2cc(F)c(F)c(F)c2)cc(F)c(F)c1F)[N+](CCCC)(CCCC)CCCC.Fc1c[c-]cc(F)c1F. The summed E-state index contributed by atoms with van der Waals surface area (Å²) in [4.78, 5) is 0. The molecule has 0 amide bonds. The van der Waals surface area contributed by atoms with Crippen molar-refractivity contribution in [1.82, 2.24) is 0 Å². The molecule has 0 heterocycles. The molecule has 0 aliphatic rings. The van der Waals surface area contributed by atoms with E-state index in [4.69, 9.17) is 14.0 Å². The van der Waals surface area contributed by atoms with Gasteiger partial charge in [0.15, 0.2) is 52.4 Å². The number of nitrogens with zero attached hydrogens (tertiary/aromatic N) is 1. The van der Waals surface area contributed by atoms with E-state index in [0.717, 1.165) is 82.8 Å². The van der Waals surface area contributed by atoms with Crippen molar-refractivity contribution >= 4 is 7.32 Å². The van der Waals surface area contributed by atoms with Gasteiger partial charge in [0.05, 0.1) is 31.0 Å². The number of unbranched alkanes of at least 4 members (excludes halogenated alkanes) is 13. The fraction of sp³-hybridized carbons (Fsp3) is 0.520. The van der Waals surface area contributed by atoms with Gasteiger partial charge in [0.2, 0.25) is 0 Å². The zero-order chi connectivity index (χ0) is 49.5. The molecule has 4 nitrogen and oxygen atoms in total. The summed E-state index contributed by atoms with van der Waals surface area (Å²) in [5.74, 6) is -21.2. The molecule has 0 aromatic heterocycles. The molecule has 4 aromatic carbocycles. The molecule has 0 bridgehead atoms. The zero-order valence-corrected chi connectivity index (χ0v) is 38.8. The van der Waals surface area contributed by atoms with Gasteiger partial charge >= 0.3 is 7.32 Å². The van der Waals surface area contributed by atoms with Gasteiger partial charge in [-0.1, -0.05) is 111 Å². The smallest absolute Gasteiger partial charge is 0.489 e. The van der Waals surface area contributed by atoms with Crippen LogP contribution in [-0.4, -0.2) is 31.4 Å². The Morgan fingerprint density at radius 3 is 1.16 bits per heavy atom. The molecule has 67 heavy (non-hydrogen) atoms. The lowest BCUT2D eigenvalue weighted by atomic mass is 9.92. The van der Waals surface area contributed by atoms with E-state index in [9.17, 15) is 39.5 Å². The summed E-state index contributed by atoms with van der Waals surface area (Å²) in [6.45, 7) is 10.1. The molecular formula is C50H62BF12NO3. The van der Waals surface area contributed by atoms with E-state index in [0.29, 0.717) is 67.3 Å². The number of quaternary nitrogens is 1. The first-order chi connectivity index (χ1) is 32.0. The monoisotopic (exact) mass is 963 g/mol. The lowest BCUT2D eigenvalue weighted by Crippen LogP contribution is -2.53. The van der Waals surface area contributed by atoms with E-state index < -0.39 is 100 Å². The van der Waals surface area contributed by atoms with Gasteiger partial charge in [0.1, 0.15) is 23.3 Å². The van der Waals surface area contributed by atoms with Crippen LogP contribution in [0.1, 0.15) is 155 Å². The number of halogens is 12. The van der Waals surface area contributed by atoms with Crippen LogP contribution in [0.15, 0.2) is 42.5 Å². The maximum absolute atomic E-state index is 16.6. The first-order valence-electron chi connectivity index (χ1n) is 23.4. The van der Waals surface area contributed by atoms with E-state index >= 15 is 13.2 Å². The lowest BCUT2D eigenvalue weighted by molar-refractivity contribution is -0.958. The van der Waals surface area contributed by atoms with Crippen molar-refractivity contribution in [2.75, 3.05) is 19.6 Å². The number of hydrogen-bond donors (Lipinski definition) is 0. The molecule has 0 radical (unpaired) electrons. The van der Waals surface area contributed by atoms with Crippen molar-refractivity contribution in [3.05, 3.63) is 124 Å². The van der Waals surface area contributed by atoms with Crippen LogP contribution in [0.25, 0.3) is 0 Å². The van der Waals surface area contributed by atoms with Gasteiger partial charge in [-0.25, -0.2) is 43.9 Å². The van der Waals surface area contributed by atoms with Crippen molar-refractivity contribution in [3.8, 4) is 17.2 Å². The molecule has 0 fully saturated rings. The largest absolute Gasteiger partial charge is 0.864 e. The van der Waals surface area contributed by atoms with Crippen molar-refractivity contribution in [2.24, 2.45) is 0 Å². The molecule has 0 saturated carbocycles. The Kier molecular flexibility index (Phi) is 24.9. The molecule has 0 aliphatic carbocycles. The Balaban J connectivity index is 0.00000118. The maximum atomic E-state index is 16.6. The van der Waals surface area contributed by atoms with E-state index in [1.54, 1.807) is 0 Å². The van der Waals surface area contributed by atoms with E-state index in [1.165, 1.54) is 32.1 Å². The first kappa shape index (κ1) is 56.8. The van der Waals surface area contributed by atoms with Crippen LogP contribution in [0.4, 0.5) is 52.7 Å². The van der Waals surface area contributed by atoms with Gasteiger partial charge in [-0.15, -0.1) is 12.1 Å². The number of benzene rings is 4. The van der Waals surface area contributed by atoms with Crippen molar-refractivity contribution < 1.29 is 71.1 Å². The van der Waals surface area contributed by atoms with Gasteiger partial charge in [0, 0.05) is 48.4 Å². The van der Waals surface area contributed by atoms with Crippen molar-refractivity contribution in [1.29, 1.82) is 0 Å². The van der Waals surface area contributed by atoms with Crippen LogP contribution in [0.3, 0.4) is 0 Å². The topological polar surface area (TPSA) is 27.7 Å². The predicted molar refractivity (Wildman–Crippen MR) is 235 cm³/mol. The van der Waals surface area contributed by atoms with Crippen molar-refractivity contribution in [2.45, 2.75) is 149 Å². The zero-order valence-electron chi connectivity index (χ0n) is 38.8. The van der Waals surface area contributed by atoms with Gasteiger partial charge in [-0.3, -0.25) is 8.78 Å². The Hall–Kier alpha value is -4.54. The summed E-state index contributed by atoms with van der Waals surface area (Å²) in [6.07, 6.45) is 16.8. The third-order valence-corrected chi connectivity index (χ3v) is 11.6. The minimum absolute atomic E-state index is 0.320.